The van der Waals surface area contributed by atoms with Gasteiger partial charge in [-0.15, -0.1) is 0 Å². The molecule has 0 aliphatic heterocycles. The summed E-state index contributed by atoms with van der Waals surface area (Å²) in [6, 6.07) is 0. The molecule has 0 saturated carbocycles. The number of aliphatic hydroxyl groups excluding tert-OH is 1. The molecule has 0 aromatic rings. The van der Waals surface area contributed by atoms with Crippen molar-refractivity contribution >= 4 is 0 Å². The van der Waals surface area contributed by atoms with Crippen LogP contribution in [0.2, 0.25) is 0 Å². The molecule has 11 heavy (non-hydrogen) atoms. The minimum Gasteiger partial charge on any atom is -0.394 e. The van der Waals surface area contributed by atoms with E-state index in [4.69, 9.17) is 9.84 Å². The van der Waals surface area contributed by atoms with E-state index < -0.39 is 0 Å². The van der Waals surface area contributed by atoms with Crippen LogP contribution in [0.1, 0.15) is 0 Å². The third-order valence-electron chi connectivity index (χ3n) is 0.977. The first-order valence-corrected chi connectivity index (χ1v) is 3.70. The predicted molar refractivity (Wildman–Crippen MR) is 43.4 cm³/mol. The van der Waals surface area contributed by atoms with Crippen LogP contribution >= 0.6 is 0 Å². The summed E-state index contributed by atoms with van der Waals surface area (Å²) in [4.78, 5) is 1.31. The summed E-state index contributed by atoms with van der Waals surface area (Å²) in [6.45, 7) is 1.71. The number of hydrogen-bond donors (Lipinski definition) is 2. The Morgan fingerprint density at radius 1 is 1.36 bits per heavy atom. The van der Waals surface area contributed by atoms with E-state index in [1.165, 1.54) is 4.90 Å². The average Bonchev–Trinajstić information content (AvgIpc) is 1.96. The zero-order chi connectivity index (χ0) is 8.53. The van der Waals surface area contributed by atoms with Crippen molar-refractivity contribution < 1.29 is 14.7 Å². The van der Waals surface area contributed by atoms with Gasteiger partial charge in [0.2, 0.25) is 0 Å². The summed E-state index contributed by atoms with van der Waals surface area (Å²) < 4.78 is 4.93. The van der Waals surface area contributed by atoms with Crippen molar-refractivity contribution in [2.24, 2.45) is 0 Å². The Labute approximate surface area is 68.0 Å². The Hall–Kier alpha value is -0.560. The number of nitrogens with one attached hydrogen (secondary N) is 1. The highest BCUT2D eigenvalue weighted by molar-refractivity contribution is 4.98. The maximum absolute atomic E-state index is 8.33. The SMILES string of the molecule is C[NH+](C)CC#CCOCCO. The van der Waals surface area contributed by atoms with Gasteiger partial charge in [-0.2, -0.15) is 0 Å². The van der Waals surface area contributed by atoms with Gasteiger partial charge in [-0.3, -0.25) is 0 Å². The molecule has 0 bridgehead atoms. The van der Waals surface area contributed by atoms with Crippen LogP contribution in [-0.4, -0.2) is 45.6 Å². The Bertz CT molecular complexity index is 135. The monoisotopic (exact) mass is 158 g/mol. The van der Waals surface area contributed by atoms with Crippen molar-refractivity contribution in [3.8, 4) is 11.8 Å². The van der Waals surface area contributed by atoms with Gasteiger partial charge in [0.05, 0.1) is 27.3 Å². The summed E-state index contributed by atoms with van der Waals surface area (Å²) in [6.07, 6.45) is 0. The fraction of sp³-hybridized carbons (Fsp3) is 0.750. The van der Waals surface area contributed by atoms with Gasteiger partial charge in [0.25, 0.3) is 0 Å². The lowest BCUT2D eigenvalue weighted by atomic mass is 10.5. The number of aliphatic hydroxyl groups is 1. The Balaban J connectivity index is 3.12. The molecule has 0 atom stereocenters. The molecule has 3 nitrogen and oxygen atoms in total. The van der Waals surface area contributed by atoms with E-state index in [0.29, 0.717) is 13.2 Å². The first-order chi connectivity index (χ1) is 5.27. The van der Waals surface area contributed by atoms with Gasteiger partial charge >= 0.3 is 0 Å². The predicted octanol–water partition coefficient (Wildman–Crippen LogP) is -1.86. The fourth-order valence-electron chi connectivity index (χ4n) is 0.478. The van der Waals surface area contributed by atoms with Crippen molar-refractivity contribution in [3.63, 3.8) is 0 Å². The maximum Gasteiger partial charge on any atom is 0.139 e. The molecule has 0 aromatic carbocycles. The van der Waals surface area contributed by atoms with Gasteiger partial charge in [0, 0.05) is 0 Å². The molecule has 0 aliphatic rings. The summed E-state index contributed by atoms with van der Waals surface area (Å²) >= 11 is 0. The summed E-state index contributed by atoms with van der Waals surface area (Å²) in [5.41, 5.74) is 0. The molecule has 0 fully saturated rings. The zero-order valence-electron chi connectivity index (χ0n) is 7.18. The minimum atomic E-state index is 0.0701. The van der Waals surface area contributed by atoms with Gasteiger partial charge in [-0.25, -0.2) is 0 Å². The van der Waals surface area contributed by atoms with Crippen LogP contribution in [0, 0.1) is 11.8 Å². The molecule has 0 heterocycles. The van der Waals surface area contributed by atoms with Crippen LogP contribution in [0.3, 0.4) is 0 Å². The van der Waals surface area contributed by atoms with E-state index in [0.717, 1.165) is 6.54 Å². The second-order valence-corrected chi connectivity index (χ2v) is 2.51. The summed E-state index contributed by atoms with van der Waals surface area (Å²) in [5.74, 6) is 5.80. The highest BCUT2D eigenvalue weighted by atomic mass is 16.5. The normalized spacial score (nSPS) is 9.45. The van der Waals surface area contributed by atoms with Crippen LogP contribution in [0.5, 0.6) is 0 Å². The third-order valence-corrected chi connectivity index (χ3v) is 0.977. The number of hydrogen-bond acceptors (Lipinski definition) is 2. The molecule has 0 radical (unpaired) electrons. The standard InChI is InChI=1S/C8H15NO2/c1-9(2)5-3-4-7-11-8-6-10/h10H,5-8H2,1-2H3/p+1. The van der Waals surface area contributed by atoms with Gasteiger partial charge in [-0.1, -0.05) is 5.92 Å². The summed E-state index contributed by atoms with van der Waals surface area (Å²) in [5, 5.41) is 8.33. The molecule has 0 aromatic heterocycles. The fourth-order valence-corrected chi connectivity index (χ4v) is 0.478. The van der Waals surface area contributed by atoms with Crippen molar-refractivity contribution in [1.29, 1.82) is 0 Å². The van der Waals surface area contributed by atoms with Crippen molar-refractivity contribution in [3.05, 3.63) is 0 Å². The molecule has 0 aliphatic carbocycles. The minimum absolute atomic E-state index is 0.0701. The molecule has 2 N–H and O–H groups in total. The van der Waals surface area contributed by atoms with Crippen LogP contribution in [0.25, 0.3) is 0 Å². The highest BCUT2D eigenvalue weighted by Gasteiger charge is 1.83. The Kier molecular flexibility index (Phi) is 7.16. The van der Waals surface area contributed by atoms with Crippen molar-refractivity contribution in [2.45, 2.75) is 0 Å². The van der Waals surface area contributed by atoms with Crippen molar-refractivity contribution in [2.75, 3.05) is 40.5 Å². The average molecular weight is 158 g/mol. The van der Waals surface area contributed by atoms with Crippen LogP contribution in [-0.2, 0) is 4.74 Å². The van der Waals surface area contributed by atoms with Crippen LogP contribution in [0.4, 0.5) is 0 Å². The van der Waals surface area contributed by atoms with E-state index in [1.807, 2.05) is 14.1 Å². The van der Waals surface area contributed by atoms with Gasteiger partial charge < -0.3 is 14.7 Å². The molecular weight excluding hydrogens is 142 g/mol. The molecule has 0 saturated heterocycles. The number of quaternary nitrogens is 1. The Morgan fingerprint density at radius 3 is 2.64 bits per heavy atom. The van der Waals surface area contributed by atoms with Gasteiger partial charge in [0.1, 0.15) is 13.2 Å². The maximum atomic E-state index is 8.33. The third kappa shape index (κ3) is 9.44. The van der Waals surface area contributed by atoms with Crippen LogP contribution < -0.4 is 4.90 Å². The first-order valence-electron chi connectivity index (χ1n) is 3.70. The summed E-state index contributed by atoms with van der Waals surface area (Å²) in [7, 11) is 4.09. The molecule has 0 spiro atoms. The quantitative estimate of drug-likeness (QED) is 0.372. The molecule has 0 unspecified atom stereocenters. The largest absolute Gasteiger partial charge is 0.394 e. The second kappa shape index (κ2) is 7.55. The molecule has 3 heteroatoms. The topological polar surface area (TPSA) is 33.9 Å². The second-order valence-electron chi connectivity index (χ2n) is 2.51. The molecule has 64 valence electrons. The van der Waals surface area contributed by atoms with E-state index in [1.54, 1.807) is 0 Å². The molecule has 0 amide bonds. The van der Waals surface area contributed by atoms with E-state index >= 15 is 0 Å². The van der Waals surface area contributed by atoms with E-state index in [9.17, 15) is 0 Å². The first kappa shape index (κ1) is 10.4. The molecular formula is C8H16NO2+. The van der Waals surface area contributed by atoms with E-state index in [-0.39, 0.29) is 6.61 Å². The van der Waals surface area contributed by atoms with Crippen LogP contribution in [0.15, 0.2) is 0 Å². The lowest BCUT2D eigenvalue weighted by molar-refractivity contribution is -0.850. The Morgan fingerprint density at radius 2 is 2.09 bits per heavy atom. The zero-order valence-corrected chi connectivity index (χ0v) is 7.18. The highest BCUT2D eigenvalue weighted by Crippen LogP contribution is 1.68. The lowest BCUT2D eigenvalue weighted by Crippen LogP contribution is -3.05. The lowest BCUT2D eigenvalue weighted by Gasteiger charge is -1.98. The smallest absolute Gasteiger partial charge is 0.139 e. The van der Waals surface area contributed by atoms with E-state index in [2.05, 4.69) is 11.8 Å². The van der Waals surface area contributed by atoms with Gasteiger partial charge in [-0.05, 0) is 5.92 Å². The molecule has 0 rings (SSSR count). The number of ether oxygens (including phenoxy) is 1. The van der Waals surface area contributed by atoms with Gasteiger partial charge in [0.15, 0.2) is 0 Å². The van der Waals surface area contributed by atoms with Crippen molar-refractivity contribution in [1.82, 2.24) is 0 Å². The number of rotatable bonds is 4.